The summed E-state index contributed by atoms with van der Waals surface area (Å²) in [5, 5.41) is 28.3. The van der Waals surface area contributed by atoms with E-state index in [4.69, 9.17) is 22.0 Å². The van der Waals surface area contributed by atoms with E-state index in [9.17, 15) is 29.4 Å². The number of oxime groups is 1. The molecule has 2 aromatic heterocycles. The number of Topliss-reactive ketones (excluding diaryl/α,β-unsaturated/α-hetero) is 1. The van der Waals surface area contributed by atoms with Crippen molar-refractivity contribution in [3.63, 3.8) is 0 Å². The highest BCUT2D eigenvalue weighted by Gasteiger charge is 2.48. The number of hydrogen-bond donors (Lipinski definition) is 7. The van der Waals surface area contributed by atoms with Crippen LogP contribution < -0.4 is 32.5 Å². The van der Waals surface area contributed by atoms with Gasteiger partial charge in [0.1, 0.15) is 5.70 Å². The number of rotatable bonds is 13. The van der Waals surface area contributed by atoms with E-state index in [1.54, 1.807) is 27.5 Å². The first-order chi connectivity index (χ1) is 20.7. The lowest BCUT2D eigenvalue weighted by Crippen LogP contribution is -2.58. The summed E-state index contributed by atoms with van der Waals surface area (Å²) in [7, 11) is 1.69. The Morgan fingerprint density at radius 1 is 1.27 bits per heavy atom. The predicted octanol–water partition coefficient (Wildman–Crippen LogP) is -1.00. The molecule has 2 atom stereocenters. The maximum Gasteiger partial charge on any atom is 0.352 e. The maximum absolute atomic E-state index is 13.4. The summed E-state index contributed by atoms with van der Waals surface area (Å²) in [4.78, 5) is 60.2. The van der Waals surface area contributed by atoms with E-state index >= 15 is 0 Å². The number of carboxylic acid groups (broad SMARTS) is 2. The third kappa shape index (κ3) is 6.86. The molecule has 0 radical (unpaired) electrons. The summed E-state index contributed by atoms with van der Waals surface area (Å²) in [6, 6.07) is -0.470. The van der Waals surface area contributed by atoms with E-state index in [1.165, 1.54) is 25.6 Å². The highest BCUT2D eigenvalue weighted by Crippen LogP contribution is 2.44. The maximum atomic E-state index is 13.4. The highest BCUT2D eigenvalue weighted by atomic mass is 32.2. The molecule has 238 valence electrons. The van der Waals surface area contributed by atoms with Gasteiger partial charge in [0.2, 0.25) is 17.6 Å². The first kappa shape index (κ1) is 32.5. The van der Waals surface area contributed by atoms with Gasteiger partial charge in [0.05, 0.1) is 12.4 Å². The Hall–Kier alpha value is -4.43. The molecule has 0 aromatic carbocycles. The van der Waals surface area contributed by atoms with Gasteiger partial charge >= 0.3 is 18.0 Å². The Balaban J connectivity index is 1.49. The predicted molar refractivity (Wildman–Crippen MR) is 160 cm³/mol. The molecule has 0 unspecified atom stereocenters. The van der Waals surface area contributed by atoms with E-state index in [1.807, 2.05) is 0 Å². The fourth-order valence-corrected chi connectivity index (χ4v) is 6.38. The molecule has 0 spiro atoms. The van der Waals surface area contributed by atoms with Gasteiger partial charge in [-0.05, 0) is 13.8 Å². The minimum Gasteiger partial charge on any atom is -0.478 e. The van der Waals surface area contributed by atoms with E-state index in [0.29, 0.717) is 17.0 Å². The largest absolute Gasteiger partial charge is 0.478 e. The number of fused-ring (bicyclic) bond motifs is 1. The smallest absolute Gasteiger partial charge is 0.352 e. The van der Waals surface area contributed by atoms with E-state index < -0.39 is 29.4 Å². The van der Waals surface area contributed by atoms with Crippen molar-refractivity contribution in [3.05, 3.63) is 23.3 Å². The fraction of sp³-hybridized carbons (Fsp3) is 0.500. The van der Waals surface area contributed by atoms with Crippen molar-refractivity contribution in [2.45, 2.75) is 37.8 Å². The van der Waals surface area contributed by atoms with Crippen molar-refractivity contribution >= 4 is 69.4 Å². The second-order valence-corrected chi connectivity index (χ2v) is 12.4. The SMILES string of the molecule is Cn1c(N)c(NC(=O)NCCN)c[n+]1CC1=C(C(=O)O)N2C[C@@H](CC(=O)/C(=N\OC(C)(C)C(=O)O)c3nsc(N)n3)[C@H]2SC1. The molecular formula is C24H34N11O7S2+. The van der Waals surface area contributed by atoms with Crippen LogP contribution in [0, 0.1) is 5.92 Å². The zero-order valence-corrected chi connectivity index (χ0v) is 25.8. The number of aliphatic carboxylic acids is 2. The van der Waals surface area contributed by atoms with Crippen LogP contribution in [0.3, 0.4) is 0 Å². The molecular weight excluding hydrogens is 618 g/mol. The van der Waals surface area contributed by atoms with E-state index in [0.717, 1.165) is 11.5 Å². The molecule has 2 aliphatic heterocycles. The molecule has 0 saturated carbocycles. The Morgan fingerprint density at radius 3 is 2.61 bits per heavy atom. The van der Waals surface area contributed by atoms with Crippen LogP contribution in [-0.4, -0.2) is 95.0 Å². The van der Waals surface area contributed by atoms with Crippen LogP contribution in [-0.2, 0) is 32.8 Å². The Kier molecular flexibility index (Phi) is 9.64. The van der Waals surface area contributed by atoms with Crippen LogP contribution in [0.5, 0.6) is 0 Å². The molecule has 20 heteroatoms. The first-order valence-corrected chi connectivity index (χ1v) is 15.1. The third-order valence-corrected chi connectivity index (χ3v) is 9.00. The first-order valence-electron chi connectivity index (χ1n) is 13.3. The number of ketones is 1. The third-order valence-electron chi connectivity index (χ3n) is 6.96. The van der Waals surface area contributed by atoms with Gasteiger partial charge in [0.25, 0.3) is 0 Å². The van der Waals surface area contributed by atoms with Crippen molar-refractivity contribution in [1.29, 1.82) is 0 Å². The van der Waals surface area contributed by atoms with Gasteiger partial charge in [-0.25, -0.2) is 14.4 Å². The number of aromatic nitrogens is 4. The monoisotopic (exact) mass is 652 g/mol. The average Bonchev–Trinajstić information content (AvgIpc) is 3.48. The van der Waals surface area contributed by atoms with Gasteiger partial charge in [0.15, 0.2) is 34.7 Å². The summed E-state index contributed by atoms with van der Waals surface area (Å²) >= 11 is 2.34. The lowest BCUT2D eigenvalue weighted by atomic mass is 9.90. The number of nitrogens with zero attached hydrogens (tertiary/aromatic N) is 6. The molecule has 4 heterocycles. The second kappa shape index (κ2) is 13.1. The number of urea groups is 1. The summed E-state index contributed by atoms with van der Waals surface area (Å²) in [5.41, 5.74) is 16.4. The zero-order valence-electron chi connectivity index (χ0n) is 24.1. The molecule has 10 N–H and O–H groups in total. The van der Waals surface area contributed by atoms with Gasteiger partial charge in [-0.2, -0.15) is 9.36 Å². The summed E-state index contributed by atoms with van der Waals surface area (Å²) in [6.45, 7) is 3.60. The van der Waals surface area contributed by atoms with Gasteiger partial charge < -0.3 is 42.5 Å². The quantitative estimate of drug-likeness (QED) is 0.0777. The molecule has 0 aliphatic carbocycles. The zero-order chi connectivity index (χ0) is 32.3. The normalized spacial score (nSPS) is 18.4. The van der Waals surface area contributed by atoms with Crippen molar-refractivity contribution in [2.24, 2.45) is 23.9 Å². The molecule has 1 fully saturated rings. The van der Waals surface area contributed by atoms with Crippen molar-refractivity contribution < 1.29 is 38.9 Å². The van der Waals surface area contributed by atoms with Crippen LogP contribution in [0.4, 0.5) is 21.4 Å². The van der Waals surface area contributed by atoms with Crippen LogP contribution in [0.15, 0.2) is 22.6 Å². The molecule has 18 nitrogen and oxygen atoms in total. The molecule has 2 aromatic rings. The van der Waals surface area contributed by atoms with Gasteiger partial charge in [-0.3, -0.25) is 10.1 Å². The van der Waals surface area contributed by atoms with E-state index in [-0.39, 0.29) is 72.1 Å². The minimum absolute atomic E-state index is 0.0322. The summed E-state index contributed by atoms with van der Waals surface area (Å²) < 4.78 is 7.33. The summed E-state index contributed by atoms with van der Waals surface area (Å²) in [5.74, 6) is -2.56. The Morgan fingerprint density at radius 2 is 2.00 bits per heavy atom. The molecule has 2 aliphatic rings. The van der Waals surface area contributed by atoms with Crippen molar-refractivity contribution in [1.82, 2.24) is 24.3 Å². The number of anilines is 3. The van der Waals surface area contributed by atoms with Crippen LogP contribution >= 0.6 is 23.3 Å². The van der Waals surface area contributed by atoms with Gasteiger partial charge in [-0.1, -0.05) is 5.16 Å². The number of thioether (sulfide) groups is 1. The summed E-state index contributed by atoms with van der Waals surface area (Å²) in [6.07, 6.45) is 1.58. The lowest BCUT2D eigenvalue weighted by Gasteiger charge is -2.51. The van der Waals surface area contributed by atoms with Gasteiger partial charge in [0, 0.05) is 54.8 Å². The Labute approximate surface area is 259 Å². The standard InChI is InChI=1S/C24H33N11O7S2/c1-24(2,21(39)40)42-31-15(18-30-22(27)44-32-18)14(36)6-11-8-35-16(20(37)38)12(10-43-19(11)35)7-34-9-13(17(26)33(34)3)29-23(41)28-5-4-25/h9,11,19,26H,4-8,10,25H2,1-3H3,(H6,27,28,29,30,32,37,38,39,40,41)/p+1/b31-15+/t11-,19-/m1/s1. The van der Waals surface area contributed by atoms with Crippen LogP contribution in [0.25, 0.3) is 0 Å². The molecule has 2 amide bonds. The number of hydrogen-bond acceptors (Lipinski definition) is 14. The number of carboxylic acids is 2. The topological polar surface area (TPSA) is 270 Å². The molecule has 0 bridgehead atoms. The second-order valence-electron chi connectivity index (χ2n) is 10.5. The van der Waals surface area contributed by atoms with Gasteiger partial charge in [-0.15, -0.1) is 21.1 Å². The minimum atomic E-state index is -1.72. The number of carbonyl (C=O) groups excluding carboxylic acids is 2. The molecule has 44 heavy (non-hydrogen) atoms. The van der Waals surface area contributed by atoms with Crippen molar-refractivity contribution in [3.8, 4) is 0 Å². The number of nitrogens with two attached hydrogens (primary N) is 3. The van der Waals surface area contributed by atoms with Crippen LogP contribution in [0.2, 0.25) is 0 Å². The average molecular weight is 653 g/mol. The Bertz CT molecular complexity index is 1530. The lowest BCUT2D eigenvalue weighted by molar-refractivity contribution is -0.765. The highest BCUT2D eigenvalue weighted by molar-refractivity contribution is 8.00. The number of nitrogen functional groups attached to an aromatic ring is 2. The molecule has 4 rings (SSSR count). The number of carbonyl (C=O) groups is 4. The number of nitrogens with one attached hydrogen (secondary N) is 2. The van der Waals surface area contributed by atoms with E-state index in [2.05, 4.69) is 25.1 Å². The fourth-order valence-electron chi connectivity index (χ4n) is 4.52. The van der Waals surface area contributed by atoms with Crippen molar-refractivity contribution in [2.75, 3.05) is 42.2 Å². The molecule has 1 saturated heterocycles. The van der Waals surface area contributed by atoms with Crippen LogP contribution in [0.1, 0.15) is 26.1 Å². The number of amides is 2.